The molecule has 5 rings (SSSR count). The molecule has 1 atom stereocenters. The number of carbonyl (C=O) groups excluding carboxylic acids is 2. The van der Waals surface area contributed by atoms with Crippen LogP contribution in [0.15, 0.2) is 79.1 Å². The van der Waals surface area contributed by atoms with Crippen LogP contribution < -0.4 is 10.6 Å². The van der Waals surface area contributed by atoms with Gasteiger partial charge in [-0.15, -0.1) is 24.0 Å². The van der Waals surface area contributed by atoms with Crippen LogP contribution in [0.25, 0.3) is 5.69 Å². The second-order valence-electron chi connectivity index (χ2n) is 9.08. The minimum absolute atomic E-state index is 0. The van der Waals surface area contributed by atoms with Crippen molar-refractivity contribution in [1.29, 1.82) is 0 Å². The minimum Gasteiger partial charge on any atom is -0.372 e. The number of benzene rings is 2. The van der Waals surface area contributed by atoms with E-state index in [0.717, 1.165) is 28.7 Å². The highest BCUT2D eigenvalue weighted by molar-refractivity contribution is 14.0. The Morgan fingerprint density at radius 2 is 1.51 bits per heavy atom. The Labute approximate surface area is 278 Å². The lowest BCUT2D eigenvalue weighted by Crippen LogP contribution is -2.38. The van der Waals surface area contributed by atoms with Crippen LogP contribution in [0.4, 0.5) is 5.82 Å². The van der Waals surface area contributed by atoms with Gasteiger partial charge < -0.3 is 5.73 Å². The van der Waals surface area contributed by atoms with Crippen molar-refractivity contribution in [2.45, 2.75) is 81.1 Å². The Kier molecular flexibility index (Phi) is 24.3. The lowest BCUT2D eigenvalue weighted by atomic mass is 9.85. The van der Waals surface area contributed by atoms with Crippen LogP contribution in [0.3, 0.4) is 0 Å². The average molecular weight is 707 g/mol. The zero-order chi connectivity index (χ0) is 31.9. The number of hydrogen-bond donors (Lipinski definition) is 2. The Hall–Kier alpha value is -3.47. The summed E-state index contributed by atoms with van der Waals surface area (Å²) in [5.41, 5.74) is 8.46. The smallest absolute Gasteiger partial charge is 0.229 e. The molecule has 0 bridgehead atoms. The standard InChI is InChI=1S/C21H21N3O.C5H12.C3H4N2.2C2H6.CH3NO.HI.H2/c1-3-23-19(25)14-18(16-10-6-4-7-11-16)20-15(2)22-24(21(20)23)17-12-8-5-9-13-17;1-4-5(2)3;1-2-4-5-3-1;2*1-2;2-1-3;;/h4-13,18H,3,14H2,1-2H3;5H,4H2,1-3H3;1-3H,(H,4,5);2*1-2H3;1H,(H2,2,3);2*1H/t18-;;;;;;;/m0......./s1. The number of H-pyrrole nitrogens is 1. The highest BCUT2D eigenvalue weighted by atomic mass is 127. The van der Waals surface area contributed by atoms with E-state index >= 15 is 0 Å². The molecule has 0 saturated heterocycles. The maximum absolute atomic E-state index is 12.8. The summed E-state index contributed by atoms with van der Waals surface area (Å²) in [7, 11) is 0. The highest BCUT2D eigenvalue weighted by Gasteiger charge is 2.37. The van der Waals surface area contributed by atoms with Crippen LogP contribution in [-0.2, 0) is 9.59 Å². The zero-order valence-corrected chi connectivity index (χ0v) is 29.8. The van der Waals surface area contributed by atoms with Crippen LogP contribution >= 0.6 is 24.0 Å². The molecule has 240 valence electrons. The number of halogens is 1. The van der Waals surface area contributed by atoms with Crippen molar-refractivity contribution in [2.24, 2.45) is 11.7 Å². The maximum Gasteiger partial charge on any atom is 0.229 e. The minimum atomic E-state index is 0. The van der Waals surface area contributed by atoms with E-state index in [9.17, 15) is 4.79 Å². The molecule has 2 amide bonds. The summed E-state index contributed by atoms with van der Waals surface area (Å²) in [5, 5.41) is 11.0. The predicted molar refractivity (Wildman–Crippen MR) is 193 cm³/mol. The SMILES string of the molecule is CC.CC.CCC(C)C.CCN1C(=O)C[C@@H](c2ccccc2)c2c(C)nn(-c3ccccc3)c21.I.NC=O.[HH].c1cn[nH]c1. The van der Waals surface area contributed by atoms with Crippen molar-refractivity contribution in [3.8, 4) is 5.69 Å². The first-order chi connectivity index (χ1) is 20.4. The van der Waals surface area contributed by atoms with Gasteiger partial charge in [0.05, 0.1) is 11.4 Å². The fourth-order valence-corrected chi connectivity index (χ4v) is 3.96. The Morgan fingerprint density at radius 3 is 1.91 bits per heavy atom. The van der Waals surface area contributed by atoms with Crippen molar-refractivity contribution in [3.05, 3.63) is 95.9 Å². The molecule has 2 aromatic carbocycles. The van der Waals surface area contributed by atoms with E-state index < -0.39 is 0 Å². The first-order valence-electron chi connectivity index (χ1n) is 15.0. The number of carbonyl (C=O) groups is 2. The van der Waals surface area contributed by atoms with Gasteiger partial charge in [-0.1, -0.05) is 103 Å². The van der Waals surface area contributed by atoms with Crippen LogP contribution in [0, 0.1) is 12.8 Å². The van der Waals surface area contributed by atoms with E-state index in [0.29, 0.717) is 13.0 Å². The molecule has 2 aromatic heterocycles. The van der Waals surface area contributed by atoms with Gasteiger partial charge in [-0.05, 0) is 43.5 Å². The fourth-order valence-electron chi connectivity index (χ4n) is 3.96. The normalized spacial score (nSPS) is 12.4. The molecule has 0 unspecified atom stereocenters. The number of primary amides is 1. The molecule has 0 fully saturated rings. The molecule has 4 aromatic rings. The van der Waals surface area contributed by atoms with Crippen molar-refractivity contribution in [3.63, 3.8) is 0 Å². The number of aromatic amines is 1. The van der Waals surface area contributed by atoms with E-state index in [1.807, 2.05) is 106 Å². The molecule has 9 heteroatoms. The molecule has 43 heavy (non-hydrogen) atoms. The molecular weight excluding hydrogens is 651 g/mol. The first-order valence-corrected chi connectivity index (χ1v) is 15.0. The van der Waals surface area contributed by atoms with Gasteiger partial charge in [0.15, 0.2) is 0 Å². The predicted octanol–water partition coefficient (Wildman–Crippen LogP) is 8.55. The number of aromatic nitrogens is 4. The summed E-state index contributed by atoms with van der Waals surface area (Å²) >= 11 is 0. The molecule has 3 N–H and O–H groups in total. The van der Waals surface area contributed by atoms with Gasteiger partial charge in [-0.25, -0.2) is 4.68 Å². The third-order valence-electron chi connectivity index (χ3n) is 6.11. The number of fused-ring (bicyclic) bond motifs is 1. The Balaban J connectivity index is -0.000000738. The second-order valence-corrected chi connectivity index (χ2v) is 9.08. The number of aryl methyl sites for hydroxylation is 1. The second kappa shape index (κ2) is 25.1. The highest BCUT2D eigenvalue weighted by Crippen LogP contribution is 2.42. The first kappa shape index (κ1) is 41.7. The van der Waals surface area contributed by atoms with Crippen LogP contribution in [0.2, 0.25) is 0 Å². The lowest BCUT2D eigenvalue weighted by Gasteiger charge is -2.32. The molecule has 0 spiro atoms. The molecule has 0 radical (unpaired) electrons. The molecular formula is C34H55IN6O2. The molecule has 0 saturated carbocycles. The number of para-hydroxylation sites is 1. The van der Waals surface area contributed by atoms with Crippen LogP contribution in [0.5, 0.6) is 0 Å². The summed E-state index contributed by atoms with van der Waals surface area (Å²) < 4.78 is 1.92. The van der Waals surface area contributed by atoms with Crippen LogP contribution in [0.1, 0.15) is 92.4 Å². The van der Waals surface area contributed by atoms with Gasteiger partial charge in [0.2, 0.25) is 12.3 Å². The Bertz CT molecular complexity index is 1200. The number of nitrogens with two attached hydrogens (primary N) is 1. The van der Waals surface area contributed by atoms with Gasteiger partial charge in [0, 0.05) is 38.3 Å². The zero-order valence-electron chi connectivity index (χ0n) is 27.4. The van der Waals surface area contributed by atoms with Crippen LogP contribution in [-0.4, -0.2) is 38.8 Å². The number of hydrogen-bond acceptors (Lipinski definition) is 4. The van der Waals surface area contributed by atoms with E-state index in [-0.39, 0.29) is 43.6 Å². The van der Waals surface area contributed by atoms with Crippen molar-refractivity contribution in [1.82, 2.24) is 20.0 Å². The van der Waals surface area contributed by atoms with Crippen molar-refractivity contribution in [2.75, 3.05) is 11.4 Å². The summed E-state index contributed by atoms with van der Waals surface area (Å²) in [5.74, 6) is 2.01. The van der Waals surface area contributed by atoms with E-state index in [1.165, 1.54) is 12.0 Å². The Morgan fingerprint density at radius 1 is 1.00 bits per heavy atom. The molecule has 3 heterocycles. The van der Waals surface area contributed by atoms with Gasteiger partial charge in [0.1, 0.15) is 5.82 Å². The number of nitrogens with one attached hydrogen (secondary N) is 1. The maximum atomic E-state index is 12.8. The largest absolute Gasteiger partial charge is 0.372 e. The van der Waals surface area contributed by atoms with E-state index in [2.05, 4.69) is 48.8 Å². The third-order valence-corrected chi connectivity index (χ3v) is 6.11. The topological polar surface area (TPSA) is 110 Å². The van der Waals surface area contributed by atoms with Crippen molar-refractivity contribution >= 4 is 42.1 Å². The van der Waals surface area contributed by atoms with E-state index in [4.69, 9.17) is 9.89 Å². The van der Waals surface area contributed by atoms with Gasteiger partial charge in [-0.3, -0.25) is 19.6 Å². The number of rotatable bonds is 4. The van der Waals surface area contributed by atoms with Gasteiger partial charge in [0.25, 0.3) is 0 Å². The monoisotopic (exact) mass is 706 g/mol. The number of anilines is 1. The average Bonchev–Trinajstić information content (AvgIpc) is 3.73. The summed E-state index contributed by atoms with van der Waals surface area (Å²) in [4.78, 5) is 23.3. The lowest BCUT2D eigenvalue weighted by molar-refractivity contribution is -0.119. The fraction of sp³-hybridized carbons (Fsp3) is 0.412. The van der Waals surface area contributed by atoms with Crippen molar-refractivity contribution < 1.29 is 11.0 Å². The molecule has 1 aliphatic rings. The quantitative estimate of drug-likeness (QED) is 0.164. The summed E-state index contributed by atoms with van der Waals surface area (Å²) in [6.45, 7) is 19.3. The number of nitrogens with zero attached hydrogens (tertiary/aromatic N) is 4. The molecule has 1 aliphatic heterocycles. The third kappa shape index (κ3) is 13.6. The molecule has 8 nitrogen and oxygen atoms in total. The summed E-state index contributed by atoms with van der Waals surface area (Å²) in [6, 6.07) is 22.1. The molecule has 0 aliphatic carbocycles. The number of amides is 2. The van der Waals surface area contributed by atoms with Gasteiger partial charge in [-0.2, -0.15) is 10.2 Å². The van der Waals surface area contributed by atoms with E-state index in [1.54, 1.807) is 12.4 Å². The van der Waals surface area contributed by atoms with Gasteiger partial charge >= 0.3 is 0 Å². The summed E-state index contributed by atoms with van der Waals surface area (Å²) in [6.07, 6.45) is 5.51.